The van der Waals surface area contributed by atoms with Crippen LogP contribution in [0.2, 0.25) is 0 Å². The number of hydrogen-bond donors (Lipinski definition) is 0. The van der Waals surface area contributed by atoms with Crippen molar-refractivity contribution in [3.63, 3.8) is 0 Å². The minimum absolute atomic E-state index is 0.590. The molecule has 12 rings (SSSR count). The predicted molar refractivity (Wildman–Crippen MR) is 236 cm³/mol. The van der Waals surface area contributed by atoms with E-state index < -0.39 is 0 Å². The molecule has 0 aliphatic carbocycles. The third-order valence-electron chi connectivity index (χ3n) is 11.0. The number of thiophene rings is 1. The van der Waals surface area contributed by atoms with E-state index in [1.165, 1.54) is 42.0 Å². The first-order chi connectivity index (χ1) is 28.2. The Bertz CT molecular complexity index is 3460. The van der Waals surface area contributed by atoms with Gasteiger partial charge in [0.1, 0.15) is 11.2 Å². The normalized spacial score (nSPS) is 11.9. The smallest absolute Gasteiger partial charge is 0.164 e. The Hall–Kier alpha value is -7.41. The van der Waals surface area contributed by atoms with Crippen LogP contribution in [-0.4, -0.2) is 19.5 Å². The van der Waals surface area contributed by atoms with E-state index in [0.717, 1.165) is 55.4 Å². The van der Waals surface area contributed by atoms with Crippen LogP contribution < -0.4 is 0 Å². The van der Waals surface area contributed by atoms with Gasteiger partial charge < -0.3 is 8.98 Å². The number of aromatic nitrogens is 4. The van der Waals surface area contributed by atoms with E-state index in [1.807, 2.05) is 72.0 Å². The van der Waals surface area contributed by atoms with E-state index in [4.69, 9.17) is 19.4 Å². The molecule has 0 saturated heterocycles. The van der Waals surface area contributed by atoms with Gasteiger partial charge in [0.05, 0.1) is 15.7 Å². The van der Waals surface area contributed by atoms with Crippen LogP contribution in [0, 0.1) is 0 Å². The summed E-state index contributed by atoms with van der Waals surface area (Å²) in [6, 6.07) is 63.7. The Labute approximate surface area is 330 Å². The molecule has 4 heterocycles. The molecule has 0 unspecified atom stereocenters. The van der Waals surface area contributed by atoms with Gasteiger partial charge in [-0.2, -0.15) is 0 Å². The molecule has 266 valence electrons. The van der Waals surface area contributed by atoms with Crippen LogP contribution in [0.15, 0.2) is 186 Å². The summed E-state index contributed by atoms with van der Waals surface area (Å²) in [5, 5.41) is 7.13. The molecule has 0 aliphatic heterocycles. The summed E-state index contributed by atoms with van der Waals surface area (Å²) in [7, 11) is 0. The van der Waals surface area contributed by atoms with Gasteiger partial charge in [-0.1, -0.05) is 146 Å². The number of rotatable bonds is 5. The molecule has 0 saturated carbocycles. The number of hydrogen-bond acceptors (Lipinski definition) is 5. The number of furan rings is 1. The van der Waals surface area contributed by atoms with E-state index in [1.54, 1.807) is 0 Å². The third-order valence-corrected chi connectivity index (χ3v) is 12.2. The highest BCUT2D eigenvalue weighted by Crippen LogP contribution is 2.45. The van der Waals surface area contributed by atoms with Crippen LogP contribution in [0.4, 0.5) is 0 Å². The van der Waals surface area contributed by atoms with Gasteiger partial charge in [-0.15, -0.1) is 11.3 Å². The van der Waals surface area contributed by atoms with Gasteiger partial charge in [0.2, 0.25) is 0 Å². The van der Waals surface area contributed by atoms with Crippen LogP contribution in [0.5, 0.6) is 0 Å². The molecule has 8 aromatic carbocycles. The average molecular weight is 747 g/mol. The van der Waals surface area contributed by atoms with Gasteiger partial charge in [-0.3, -0.25) is 0 Å². The van der Waals surface area contributed by atoms with Crippen LogP contribution in [-0.2, 0) is 0 Å². The largest absolute Gasteiger partial charge is 0.455 e. The molecule has 12 aromatic rings. The monoisotopic (exact) mass is 746 g/mol. The lowest BCUT2D eigenvalue weighted by molar-refractivity contribution is 0.670. The van der Waals surface area contributed by atoms with Gasteiger partial charge in [-0.05, 0) is 42.0 Å². The average Bonchev–Trinajstić information content (AvgIpc) is 3.96. The zero-order chi connectivity index (χ0) is 37.5. The van der Waals surface area contributed by atoms with Crippen molar-refractivity contribution >= 4 is 75.3 Å². The molecule has 57 heavy (non-hydrogen) atoms. The Morgan fingerprint density at radius 2 is 1.00 bits per heavy atom. The molecule has 0 atom stereocenters. The van der Waals surface area contributed by atoms with E-state index in [-0.39, 0.29) is 0 Å². The molecule has 0 N–H and O–H groups in total. The van der Waals surface area contributed by atoms with Crippen LogP contribution >= 0.6 is 11.3 Å². The zero-order valence-electron chi connectivity index (χ0n) is 30.4. The second-order valence-corrected chi connectivity index (χ2v) is 15.4. The van der Waals surface area contributed by atoms with Gasteiger partial charge in [-0.25, -0.2) is 15.0 Å². The van der Waals surface area contributed by atoms with Crippen molar-refractivity contribution in [1.82, 2.24) is 19.5 Å². The van der Waals surface area contributed by atoms with Crippen molar-refractivity contribution in [2.45, 2.75) is 0 Å². The molecule has 6 heteroatoms. The number of fused-ring (bicyclic) bond motifs is 10. The summed E-state index contributed by atoms with van der Waals surface area (Å²) < 4.78 is 11.9. The standard InChI is InChI=1S/C51H30N4OS/c1-4-14-31(15-5-1)41-29-35(55-43-22-12-10-20-36(43)39-26-27-40-38-21-11-13-23-45(38)57-48(40)46(39)55)30-42-37-25-24-34(28-44(37)56-47(41)42)51-53-49(32-16-6-2-7-17-32)52-50(54-51)33-18-8-3-9-19-33/h1-30H. The lowest BCUT2D eigenvalue weighted by Crippen LogP contribution is -2.00. The molecular weight excluding hydrogens is 717 g/mol. The SMILES string of the molecule is c1ccc(-c2nc(-c3ccccc3)nc(-c3ccc4c(c3)oc3c(-c5ccccc5)cc(-n5c6ccccc6c6ccc7c8ccccc8sc7c65)cc34)n2)cc1. The number of nitrogens with zero attached hydrogens (tertiary/aromatic N) is 4. The van der Waals surface area contributed by atoms with Crippen molar-refractivity contribution in [2.75, 3.05) is 0 Å². The molecule has 0 spiro atoms. The van der Waals surface area contributed by atoms with Crippen molar-refractivity contribution in [3.8, 4) is 51.0 Å². The maximum Gasteiger partial charge on any atom is 0.164 e. The third kappa shape index (κ3) is 5.04. The highest BCUT2D eigenvalue weighted by molar-refractivity contribution is 7.26. The summed E-state index contributed by atoms with van der Waals surface area (Å²) in [6.07, 6.45) is 0. The van der Waals surface area contributed by atoms with Crippen LogP contribution in [0.1, 0.15) is 0 Å². The maximum atomic E-state index is 6.91. The molecule has 5 nitrogen and oxygen atoms in total. The van der Waals surface area contributed by atoms with Crippen LogP contribution in [0.3, 0.4) is 0 Å². The molecule has 0 radical (unpaired) electrons. The van der Waals surface area contributed by atoms with E-state index >= 15 is 0 Å². The van der Waals surface area contributed by atoms with Crippen molar-refractivity contribution < 1.29 is 4.42 Å². The minimum Gasteiger partial charge on any atom is -0.455 e. The Kier molecular flexibility index (Phi) is 7.03. The highest BCUT2D eigenvalue weighted by Gasteiger charge is 2.22. The van der Waals surface area contributed by atoms with Crippen LogP contribution in [0.25, 0.3) is 115 Å². The lowest BCUT2D eigenvalue weighted by atomic mass is 10.0. The number of para-hydroxylation sites is 1. The first-order valence-electron chi connectivity index (χ1n) is 19.0. The fourth-order valence-electron chi connectivity index (χ4n) is 8.40. The summed E-state index contributed by atoms with van der Waals surface area (Å²) in [6.45, 7) is 0. The van der Waals surface area contributed by atoms with Gasteiger partial charge in [0.15, 0.2) is 17.5 Å². The molecule has 0 bridgehead atoms. The van der Waals surface area contributed by atoms with Crippen molar-refractivity contribution in [1.29, 1.82) is 0 Å². The topological polar surface area (TPSA) is 56.7 Å². The zero-order valence-corrected chi connectivity index (χ0v) is 31.2. The molecule has 4 aromatic heterocycles. The fraction of sp³-hybridized carbons (Fsp3) is 0. The summed E-state index contributed by atoms with van der Waals surface area (Å²) in [5.74, 6) is 1.84. The summed E-state index contributed by atoms with van der Waals surface area (Å²) >= 11 is 1.87. The Morgan fingerprint density at radius 3 is 1.72 bits per heavy atom. The molecule has 0 aliphatic rings. The van der Waals surface area contributed by atoms with E-state index in [0.29, 0.717) is 17.5 Å². The summed E-state index contributed by atoms with van der Waals surface area (Å²) in [4.78, 5) is 14.9. The Morgan fingerprint density at radius 1 is 0.421 bits per heavy atom. The van der Waals surface area contributed by atoms with Gasteiger partial charge >= 0.3 is 0 Å². The minimum atomic E-state index is 0.590. The first-order valence-corrected chi connectivity index (χ1v) is 19.8. The summed E-state index contributed by atoms with van der Waals surface area (Å²) in [5.41, 5.74) is 9.94. The second-order valence-electron chi connectivity index (χ2n) is 14.4. The fourth-order valence-corrected chi connectivity index (χ4v) is 9.64. The van der Waals surface area contributed by atoms with E-state index in [2.05, 4.69) is 126 Å². The number of benzene rings is 8. The molecular formula is C51H30N4OS. The van der Waals surface area contributed by atoms with Gasteiger partial charge in [0.25, 0.3) is 0 Å². The van der Waals surface area contributed by atoms with Crippen molar-refractivity contribution in [3.05, 3.63) is 182 Å². The quantitative estimate of drug-likeness (QED) is 0.176. The van der Waals surface area contributed by atoms with Gasteiger partial charge in [0, 0.05) is 65.0 Å². The Balaban J connectivity index is 1.11. The maximum absolute atomic E-state index is 6.91. The van der Waals surface area contributed by atoms with E-state index in [9.17, 15) is 0 Å². The first kappa shape index (κ1) is 31.9. The second kappa shape index (κ2) is 12.6. The van der Waals surface area contributed by atoms with Crippen molar-refractivity contribution in [2.24, 2.45) is 0 Å². The lowest BCUT2D eigenvalue weighted by Gasteiger charge is -2.12. The predicted octanol–water partition coefficient (Wildman–Crippen LogP) is 13.9. The molecule has 0 amide bonds. The highest BCUT2D eigenvalue weighted by atomic mass is 32.1. The molecule has 0 fully saturated rings.